The van der Waals surface area contributed by atoms with Crippen LogP contribution in [0.4, 0.5) is 14.5 Å². The SMILES string of the molecule is CN=C(NCCOc1ccc(F)cc1F)NCC1CC(=O)Nc2ccccc21.I. The molecule has 156 valence electrons. The average molecular weight is 516 g/mol. The van der Waals surface area contributed by atoms with Crippen molar-refractivity contribution in [1.82, 2.24) is 10.6 Å². The summed E-state index contributed by atoms with van der Waals surface area (Å²) in [4.78, 5) is 16.0. The number of benzene rings is 2. The van der Waals surface area contributed by atoms with Gasteiger partial charge in [0, 0.05) is 37.7 Å². The maximum absolute atomic E-state index is 13.5. The zero-order valence-electron chi connectivity index (χ0n) is 15.9. The predicted molar refractivity (Wildman–Crippen MR) is 119 cm³/mol. The van der Waals surface area contributed by atoms with Crippen LogP contribution in [0.25, 0.3) is 0 Å². The summed E-state index contributed by atoms with van der Waals surface area (Å²) >= 11 is 0. The van der Waals surface area contributed by atoms with Crippen molar-refractivity contribution < 1.29 is 18.3 Å². The number of aliphatic imine (C=N–C) groups is 1. The number of halogens is 3. The molecule has 3 N–H and O–H groups in total. The Hall–Kier alpha value is -2.43. The lowest BCUT2D eigenvalue weighted by Crippen LogP contribution is -2.42. The zero-order chi connectivity index (χ0) is 19.9. The van der Waals surface area contributed by atoms with Gasteiger partial charge < -0.3 is 20.7 Å². The van der Waals surface area contributed by atoms with Gasteiger partial charge in [-0.05, 0) is 23.8 Å². The van der Waals surface area contributed by atoms with E-state index in [0.717, 1.165) is 23.4 Å². The molecule has 0 aliphatic carbocycles. The van der Waals surface area contributed by atoms with Crippen molar-refractivity contribution >= 4 is 41.5 Å². The Balaban J connectivity index is 0.00000300. The van der Waals surface area contributed by atoms with Gasteiger partial charge in [-0.3, -0.25) is 9.79 Å². The number of nitrogens with zero attached hydrogens (tertiary/aromatic N) is 1. The van der Waals surface area contributed by atoms with Crippen LogP contribution in [-0.4, -0.2) is 38.6 Å². The first kappa shape index (κ1) is 22.9. The van der Waals surface area contributed by atoms with E-state index in [-0.39, 0.29) is 48.2 Å². The number of rotatable bonds is 6. The molecule has 2 aromatic rings. The molecule has 1 amide bonds. The van der Waals surface area contributed by atoms with E-state index in [4.69, 9.17) is 4.74 Å². The molecule has 0 radical (unpaired) electrons. The molecule has 3 rings (SSSR count). The molecule has 0 bridgehead atoms. The highest BCUT2D eigenvalue weighted by atomic mass is 127. The van der Waals surface area contributed by atoms with Crippen molar-refractivity contribution in [1.29, 1.82) is 0 Å². The van der Waals surface area contributed by atoms with Crippen molar-refractivity contribution in [3.8, 4) is 5.75 Å². The largest absolute Gasteiger partial charge is 0.489 e. The summed E-state index contributed by atoms with van der Waals surface area (Å²) < 4.78 is 31.7. The smallest absolute Gasteiger partial charge is 0.225 e. The molecule has 1 heterocycles. The molecule has 1 aliphatic rings. The molecular formula is C20H23F2IN4O2. The van der Waals surface area contributed by atoms with E-state index >= 15 is 0 Å². The minimum atomic E-state index is -0.739. The molecule has 6 nitrogen and oxygen atoms in total. The number of ether oxygens (including phenoxy) is 1. The van der Waals surface area contributed by atoms with Crippen LogP contribution in [0.1, 0.15) is 17.9 Å². The van der Waals surface area contributed by atoms with Crippen molar-refractivity contribution in [3.05, 3.63) is 59.7 Å². The van der Waals surface area contributed by atoms with E-state index in [1.165, 1.54) is 6.07 Å². The van der Waals surface area contributed by atoms with Gasteiger partial charge in [0.25, 0.3) is 0 Å². The Morgan fingerprint density at radius 3 is 2.79 bits per heavy atom. The molecular weight excluding hydrogens is 493 g/mol. The van der Waals surface area contributed by atoms with Crippen LogP contribution in [0, 0.1) is 11.6 Å². The first-order chi connectivity index (χ1) is 13.6. The Morgan fingerprint density at radius 2 is 2.03 bits per heavy atom. The molecule has 1 atom stereocenters. The highest BCUT2D eigenvalue weighted by Crippen LogP contribution is 2.31. The Bertz CT molecular complexity index is 879. The second kappa shape index (κ2) is 10.9. The van der Waals surface area contributed by atoms with Crippen LogP contribution >= 0.6 is 24.0 Å². The third-order valence-electron chi connectivity index (χ3n) is 4.39. The van der Waals surface area contributed by atoms with E-state index in [1.807, 2.05) is 24.3 Å². The summed E-state index contributed by atoms with van der Waals surface area (Å²) in [6.07, 6.45) is 0.397. The third-order valence-corrected chi connectivity index (χ3v) is 4.39. The summed E-state index contributed by atoms with van der Waals surface area (Å²) in [5.74, 6) is -0.818. The van der Waals surface area contributed by atoms with E-state index in [9.17, 15) is 13.6 Å². The molecule has 2 aromatic carbocycles. The van der Waals surface area contributed by atoms with Crippen LogP contribution < -0.4 is 20.7 Å². The van der Waals surface area contributed by atoms with Crippen molar-refractivity contribution in [2.75, 3.05) is 32.1 Å². The van der Waals surface area contributed by atoms with Gasteiger partial charge in [0.1, 0.15) is 12.4 Å². The average Bonchev–Trinajstić information content (AvgIpc) is 2.68. The number of hydrogen-bond acceptors (Lipinski definition) is 3. The predicted octanol–water partition coefficient (Wildman–Crippen LogP) is 3.25. The number of hydrogen-bond donors (Lipinski definition) is 3. The number of fused-ring (bicyclic) bond motifs is 1. The molecule has 0 spiro atoms. The zero-order valence-corrected chi connectivity index (χ0v) is 18.2. The normalized spacial score (nSPS) is 15.6. The van der Waals surface area contributed by atoms with Crippen LogP contribution in [0.5, 0.6) is 5.75 Å². The maximum atomic E-state index is 13.5. The lowest BCUT2D eigenvalue weighted by Gasteiger charge is -2.26. The van der Waals surface area contributed by atoms with Gasteiger partial charge in [-0.25, -0.2) is 8.78 Å². The molecule has 0 fully saturated rings. The Kier molecular flexibility index (Phi) is 8.62. The number of carbonyl (C=O) groups excluding carboxylic acids is 1. The summed E-state index contributed by atoms with van der Waals surface area (Å²) in [5.41, 5.74) is 1.92. The van der Waals surface area contributed by atoms with Crippen LogP contribution in [0.2, 0.25) is 0 Å². The maximum Gasteiger partial charge on any atom is 0.225 e. The summed E-state index contributed by atoms with van der Waals surface area (Å²) in [6, 6.07) is 10.9. The first-order valence-corrected chi connectivity index (χ1v) is 8.98. The van der Waals surface area contributed by atoms with Gasteiger partial charge in [0.2, 0.25) is 5.91 Å². The van der Waals surface area contributed by atoms with Gasteiger partial charge in [-0.2, -0.15) is 0 Å². The molecule has 29 heavy (non-hydrogen) atoms. The molecule has 1 aliphatic heterocycles. The van der Waals surface area contributed by atoms with Crippen molar-refractivity contribution in [2.45, 2.75) is 12.3 Å². The highest BCUT2D eigenvalue weighted by Gasteiger charge is 2.24. The lowest BCUT2D eigenvalue weighted by atomic mass is 9.90. The van der Waals surface area contributed by atoms with E-state index < -0.39 is 11.6 Å². The summed E-state index contributed by atoms with van der Waals surface area (Å²) in [7, 11) is 1.64. The number of para-hydroxylation sites is 1. The standard InChI is InChI=1S/C20H22F2N4O2.HI/c1-23-20(24-8-9-28-18-7-6-14(21)11-16(18)22)25-12-13-10-19(27)26-17-5-3-2-4-15(13)17;/h2-7,11,13H,8-10,12H2,1H3,(H,26,27)(H2,23,24,25);1H. The fourth-order valence-corrected chi connectivity index (χ4v) is 3.05. The number of carbonyl (C=O) groups is 1. The van der Waals surface area contributed by atoms with Crippen molar-refractivity contribution in [2.24, 2.45) is 4.99 Å². The van der Waals surface area contributed by atoms with Gasteiger partial charge in [-0.15, -0.1) is 24.0 Å². The third kappa shape index (κ3) is 6.28. The van der Waals surface area contributed by atoms with Gasteiger partial charge in [0.15, 0.2) is 17.5 Å². The molecule has 9 heteroatoms. The number of anilines is 1. The minimum absolute atomic E-state index is 0. The van der Waals surface area contributed by atoms with E-state index in [2.05, 4.69) is 20.9 Å². The van der Waals surface area contributed by atoms with E-state index in [1.54, 1.807) is 7.05 Å². The minimum Gasteiger partial charge on any atom is -0.489 e. The molecule has 0 aromatic heterocycles. The molecule has 1 unspecified atom stereocenters. The first-order valence-electron chi connectivity index (χ1n) is 8.98. The monoisotopic (exact) mass is 516 g/mol. The van der Waals surface area contributed by atoms with Gasteiger partial charge in [-0.1, -0.05) is 18.2 Å². The fraction of sp³-hybridized carbons (Fsp3) is 0.300. The molecule has 0 saturated carbocycles. The molecule has 0 saturated heterocycles. The number of nitrogens with one attached hydrogen (secondary N) is 3. The fourth-order valence-electron chi connectivity index (χ4n) is 3.05. The van der Waals surface area contributed by atoms with Crippen LogP contribution in [0.15, 0.2) is 47.5 Å². The number of guanidine groups is 1. The van der Waals surface area contributed by atoms with Gasteiger partial charge in [0.05, 0.1) is 6.54 Å². The van der Waals surface area contributed by atoms with Gasteiger partial charge >= 0.3 is 0 Å². The Morgan fingerprint density at radius 1 is 1.24 bits per heavy atom. The summed E-state index contributed by atoms with van der Waals surface area (Å²) in [5, 5.41) is 9.13. The lowest BCUT2D eigenvalue weighted by molar-refractivity contribution is -0.116. The van der Waals surface area contributed by atoms with Crippen LogP contribution in [0.3, 0.4) is 0 Å². The number of amides is 1. The highest BCUT2D eigenvalue weighted by molar-refractivity contribution is 14.0. The summed E-state index contributed by atoms with van der Waals surface area (Å²) in [6.45, 7) is 1.09. The van der Waals surface area contributed by atoms with Crippen molar-refractivity contribution in [3.63, 3.8) is 0 Å². The topological polar surface area (TPSA) is 74.8 Å². The second-order valence-corrected chi connectivity index (χ2v) is 6.34. The van der Waals surface area contributed by atoms with E-state index in [0.29, 0.717) is 25.5 Å². The van der Waals surface area contributed by atoms with Crippen LogP contribution in [-0.2, 0) is 4.79 Å². The Labute approximate surface area is 185 Å². The second-order valence-electron chi connectivity index (χ2n) is 6.34. The quantitative estimate of drug-likeness (QED) is 0.239.